The predicted octanol–water partition coefficient (Wildman–Crippen LogP) is 9.49. The fourth-order valence-electron chi connectivity index (χ4n) is 6.37. The molecule has 1 aliphatic carbocycles. The Hall–Kier alpha value is -4.31. The van der Waals surface area contributed by atoms with Crippen molar-refractivity contribution < 1.29 is 18.3 Å². The van der Waals surface area contributed by atoms with Gasteiger partial charge in [-0.3, -0.25) is 4.79 Å². The Labute approximate surface area is 291 Å². The summed E-state index contributed by atoms with van der Waals surface area (Å²) in [6.45, 7) is 10.1. The third-order valence-electron chi connectivity index (χ3n) is 9.12. The number of aryl methyl sites for hydroxylation is 2. The van der Waals surface area contributed by atoms with Crippen LogP contribution in [0.25, 0.3) is 27.7 Å². The maximum absolute atomic E-state index is 14.9. The van der Waals surface area contributed by atoms with Crippen LogP contribution in [0.2, 0.25) is 5.02 Å². The summed E-state index contributed by atoms with van der Waals surface area (Å²) < 4.78 is 38.8. The van der Waals surface area contributed by atoms with Crippen LogP contribution in [0.3, 0.4) is 0 Å². The van der Waals surface area contributed by atoms with Crippen LogP contribution in [0.15, 0.2) is 73.1 Å². The zero-order valence-corrected chi connectivity index (χ0v) is 29.5. The van der Waals surface area contributed by atoms with Crippen LogP contribution < -0.4 is 11.1 Å². The number of hydrogen-bond acceptors (Lipinski definition) is 5. The molecule has 0 unspecified atom stereocenters. The van der Waals surface area contributed by atoms with Gasteiger partial charge in [0.1, 0.15) is 28.7 Å². The van der Waals surface area contributed by atoms with Crippen LogP contribution in [0.4, 0.5) is 14.5 Å². The fourth-order valence-corrected chi connectivity index (χ4v) is 6.72. The van der Waals surface area contributed by atoms with Gasteiger partial charge in [0.15, 0.2) is 0 Å². The highest BCUT2D eigenvalue weighted by atomic mass is 35.5. The van der Waals surface area contributed by atoms with Gasteiger partial charge in [-0.05, 0) is 73.7 Å². The Balaban J connectivity index is 0.000000514. The zero-order valence-electron chi connectivity index (χ0n) is 28.7. The number of halogens is 3. The maximum atomic E-state index is 14.9. The number of allylic oxidation sites excluding steroid dienone is 1. The minimum atomic E-state index is -0.912. The highest BCUT2D eigenvalue weighted by molar-refractivity contribution is 6.38. The Morgan fingerprint density at radius 3 is 2.45 bits per heavy atom. The standard InChI is InChI=1S/C32H30ClF2N5O.C7H14O/c1-17(2)22-16-27-31(38-19(4)39(27)5)29(33)28(22)21-9-7-13-40-25(21)10-11-26(40)32(41)20-14-23(34)30(24(35)15-20)37-18(3)8-6-12-36;1-8-7-5-3-2-4-6-7/h6-11,13-17,37H,3,12,36H2,1-2,4-5H3;7H,2-6H2,1H3/b8-6+;. The third kappa shape index (κ3) is 7.49. The first-order chi connectivity index (χ1) is 23.5. The monoisotopic (exact) mass is 687 g/mol. The van der Waals surface area contributed by atoms with Gasteiger partial charge in [-0.25, -0.2) is 13.8 Å². The van der Waals surface area contributed by atoms with Crippen molar-refractivity contribution in [3.63, 3.8) is 0 Å². The molecule has 0 spiro atoms. The molecule has 3 heterocycles. The normalized spacial score (nSPS) is 13.8. The molecule has 0 radical (unpaired) electrons. The van der Waals surface area contributed by atoms with E-state index in [1.54, 1.807) is 22.7 Å². The van der Waals surface area contributed by atoms with Gasteiger partial charge in [0, 0.05) is 49.3 Å². The summed E-state index contributed by atoms with van der Waals surface area (Å²) in [5.41, 5.74) is 10.5. The highest BCUT2D eigenvalue weighted by Gasteiger charge is 2.24. The van der Waals surface area contributed by atoms with E-state index in [1.807, 2.05) is 43.8 Å². The topological polar surface area (TPSA) is 86.6 Å². The van der Waals surface area contributed by atoms with Crippen molar-refractivity contribution in [3.05, 3.63) is 112 Å². The summed E-state index contributed by atoms with van der Waals surface area (Å²) in [4.78, 5) is 18.2. The van der Waals surface area contributed by atoms with Crippen LogP contribution >= 0.6 is 11.6 Å². The van der Waals surface area contributed by atoms with Crippen molar-refractivity contribution in [1.29, 1.82) is 0 Å². The number of nitrogens with one attached hydrogen (secondary N) is 1. The van der Waals surface area contributed by atoms with Crippen LogP contribution in [0.5, 0.6) is 0 Å². The van der Waals surface area contributed by atoms with E-state index in [2.05, 4.69) is 36.8 Å². The summed E-state index contributed by atoms with van der Waals surface area (Å²) >= 11 is 7.03. The molecule has 2 aromatic carbocycles. The molecule has 0 bridgehead atoms. The Bertz CT molecular complexity index is 2020. The largest absolute Gasteiger partial charge is 0.381 e. The first kappa shape index (κ1) is 36.0. The van der Waals surface area contributed by atoms with Crippen LogP contribution in [0, 0.1) is 18.6 Å². The number of hydrogen-bond donors (Lipinski definition) is 2. The van der Waals surface area contributed by atoms with Crippen LogP contribution in [-0.4, -0.2) is 39.5 Å². The minimum absolute atomic E-state index is 0.120. The quantitative estimate of drug-likeness (QED) is 0.119. The van der Waals surface area contributed by atoms with Gasteiger partial charge in [-0.2, -0.15) is 0 Å². The van der Waals surface area contributed by atoms with Crippen LogP contribution in [0.1, 0.15) is 79.3 Å². The molecule has 6 rings (SSSR count). The van der Waals surface area contributed by atoms with E-state index in [1.165, 1.54) is 38.2 Å². The second-order valence-electron chi connectivity index (χ2n) is 12.7. The Morgan fingerprint density at radius 1 is 1.14 bits per heavy atom. The van der Waals surface area contributed by atoms with Gasteiger partial charge < -0.3 is 24.8 Å². The van der Waals surface area contributed by atoms with Gasteiger partial charge in [0.25, 0.3) is 0 Å². The van der Waals surface area contributed by atoms with Gasteiger partial charge in [-0.1, -0.05) is 63.4 Å². The van der Waals surface area contributed by atoms with Gasteiger partial charge in [-0.15, -0.1) is 0 Å². The molecule has 258 valence electrons. The second-order valence-corrected chi connectivity index (χ2v) is 13.1. The molecule has 0 saturated heterocycles. The summed E-state index contributed by atoms with van der Waals surface area (Å²) in [6.07, 6.45) is 12.2. The number of fused-ring (bicyclic) bond motifs is 2. The lowest BCUT2D eigenvalue weighted by Crippen LogP contribution is -2.13. The van der Waals surface area contributed by atoms with E-state index in [9.17, 15) is 13.6 Å². The third-order valence-corrected chi connectivity index (χ3v) is 9.49. The van der Waals surface area contributed by atoms with Crippen molar-refractivity contribution in [2.24, 2.45) is 12.8 Å². The molecule has 3 aromatic heterocycles. The molecule has 0 atom stereocenters. The van der Waals surface area contributed by atoms with E-state index in [-0.39, 0.29) is 29.4 Å². The first-order valence-corrected chi connectivity index (χ1v) is 17.0. The van der Waals surface area contributed by atoms with Crippen molar-refractivity contribution in [2.45, 2.75) is 64.9 Å². The smallest absolute Gasteiger partial charge is 0.209 e. The first-order valence-electron chi connectivity index (χ1n) is 16.6. The number of carbonyl (C=O) groups excluding carboxylic acids is 1. The maximum Gasteiger partial charge on any atom is 0.209 e. The number of methoxy groups -OCH3 is 1. The number of anilines is 1. The molecule has 1 fully saturated rings. The lowest BCUT2D eigenvalue weighted by molar-refractivity contribution is 0.0710. The second kappa shape index (κ2) is 15.5. The summed E-state index contributed by atoms with van der Waals surface area (Å²) in [5.74, 6) is -1.36. The van der Waals surface area contributed by atoms with Gasteiger partial charge >= 0.3 is 0 Å². The molecule has 0 aliphatic heterocycles. The molecule has 0 amide bonds. The number of nitrogens with zero attached hydrogens (tertiary/aromatic N) is 3. The van der Waals surface area contributed by atoms with Crippen molar-refractivity contribution in [2.75, 3.05) is 19.0 Å². The fraction of sp³-hybridized carbons (Fsp3) is 0.333. The van der Waals surface area contributed by atoms with E-state index >= 15 is 0 Å². The summed E-state index contributed by atoms with van der Waals surface area (Å²) in [7, 11) is 3.77. The molecule has 1 saturated carbocycles. The number of rotatable bonds is 9. The molecule has 49 heavy (non-hydrogen) atoms. The molecular formula is C39H44ClF2N5O2. The molecule has 3 N–H and O–H groups in total. The average molecular weight is 688 g/mol. The minimum Gasteiger partial charge on any atom is -0.381 e. The number of benzene rings is 2. The number of pyridine rings is 1. The average Bonchev–Trinajstić information content (AvgIpc) is 3.66. The Kier molecular flexibility index (Phi) is 11.4. The number of imidazole rings is 1. The molecule has 7 nitrogen and oxygen atoms in total. The zero-order chi connectivity index (χ0) is 35.4. The predicted molar refractivity (Wildman–Crippen MR) is 196 cm³/mol. The SMILES string of the molecule is C=C(/C=C/CN)Nc1c(F)cc(C(=O)c2ccc3c(-c4c(C(C)C)cc5c(nc(C)n5C)c4Cl)cccn23)cc1F.COC1CCCCC1. The van der Waals surface area contributed by atoms with Crippen molar-refractivity contribution in [3.8, 4) is 11.1 Å². The lowest BCUT2D eigenvalue weighted by atomic mass is 9.91. The molecule has 5 aromatic rings. The lowest BCUT2D eigenvalue weighted by Gasteiger charge is -2.19. The van der Waals surface area contributed by atoms with Crippen molar-refractivity contribution >= 4 is 39.6 Å². The van der Waals surface area contributed by atoms with Crippen LogP contribution in [-0.2, 0) is 11.8 Å². The highest BCUT2D eigenvalue weighted by Crippen LogP contribution is 2.42. The van der Waals surface area contributed by atoms with E-state index in [0.29, 0.717) is 16.6 Å². The number of aromatic nitrogens is 3. The van der Waals surface area contributed by atoms with Gasteiger partial charge in [0.2, 0.25) is 5.78 Å². The van der Waals surface area contributed by atoms with E-state index in [0.717, 1.165) is 45.7 Å². The number of carbonyl (C=O) groups is 1. The number of nitrogens with two attached hydrogens (primary N) is 1. The van der Waals surface area contributed by atoms with Gasteiger partial charge in [0.05, 0.1) is 27.9 Å². The Morgan fingerprint density at radius 2 is 1.84 bits per heavy atom. The molecule has 10 heteroatoms. The summed E-state index contributed by atoms with van der Waals surface area (Å²) in [5, 5.41) is 3.12. The molecular weight excluding hydrogens is 644 g/mol. The van der Waals surface area contributed by atoms with E-state index in [4.69, 9.17) is 22.1 Å². The molecule has 1 aliphatic rings. The summed E-state index contributed by atoms with van der Waals surface area (Å²) in [6, 6.07) is 11.4. The van der Waals surface area contributed by atoms with Crippen molar-refractivity contribution in [1.82, 2.24) is 14.0 Å². The van der Waals surface area contributed by atoms with E-state index < -0.39 is 23.1 Å². The number of ketones is 1. The number of ether oxygens (including phenoxy) is 1.